The van der Waals surface area contributed by atoms with Crippen molar-refractivity contribution >= 4 is 0 Å². The maximum Gasteiger partial charge on any atom is 0.0945 e. The molecule has 102 valence electrons. The van der Waals surface area contributed by atoms with Gasteiger partial charge in [0.2, 0.25) is 0 Å². The van der Waals surface area contributed by atoms with Gasteiger partial charge in [0, 0.05) is 6.04 Å². The summed E-state index contributed by atoms with van der Waals surface area (Å²) in [5.74, 6) is 0. The van der Waals surface area contributed by atoms with Crippen LogP contribution in [-0.4, -0.2) is 29.1 Å². The Morgan fingerprint density at radius 3 is 2.28 bits per heavy atom. The number of nitrogens with zero attached hydrogens (tertiary/aromatic N) is 1. The molecule has 0 aliphatic heterocycles. The van der Waals surface area contributed by atoms with Gasteiger partial charge >= 0.3 is 0 Å². The Bertz CT molecular complexity index is 312. The fraction of sp³-hybridized carbons (Fsp3) is 0.625. The molecule has 0 aliphatic rings. The van der Waals surface area contributed by atoms with Crippen LogP contribution in [-0.2, 0) is 0 Å². The predicted octanol–water partition coefficient (Wildman–Crippen LogP) is 3.62. The van der Waals surface area contributed by atoms with Crippen molar-refractivity contribution in [1.29, 1.82) is 0 Å². The maximum absolute atomic E-state index is 10.5. The lowest BCUT2D eigenvalue weighted by Crippen LogP contribution is -2.39. The highest BCUT2D eigenvalue weighted by Crippen LogP contribution is 2.23. The van der Waals surface area contributed by atoms with E-state index in [9.17, 15) is 5.11 Å². The lowest BCUT2D eigenvalue weighted by atomic mass is 9.98. The molecular formula is C16H27NO. The van der Waals surface area contributed by atoms with Crippen LogP contribution in [0.1, 0.15) is 51.7 Å². The Kier molecular flexibility index (Phi) is 6.99. The standard InChI is InChI=1S/C16H27NO/c1-4-7-13-17(6-3)15(5-2)16(18)14-11-9-8-10-12-14/h8-12,15-16,18H,4-7,13H2,1-3H3. The molecule has 0 radical (unpaired) electrons. The van der Waals surface area contributed by atoms with Crippen LogP contribution in [0.2, 0.25) is 0 Å². The van der Waals surface area contributed by atoms with Crippen LogP contribution in [0.15, 0.2) is 30.3 Å². The summed E-state index contributed by atoms with van der Waals surface area (Å²) in [5.41, 5.74) is 1.03. The van der Waals surface area contributed by atoms with E-state index in [-0.39, 0.29) is 12.1 Å². The van der Waals surface area contributed by atoms with Crippen molar-refractivity contribution in [2.45, 2.75) is 52.2 Å². The van der Waals surface area contributed by atoms with Crippen LogP contribution < -0.4 is 0 Å². The first-order chi connectivity index (χ1) is 8.74. The van der Waals surface area contributed by atoms with Crippen LogP contribution in [0, 0.1) is 0 Å². The van der Waals surface area contributed by atoms with Gasteiger partial charge in [0.25, 0.3) is 0 Å². The Labute approximate surface area is 112 Å². The molecule has 2 nitrogen and oxygen atoms in total. The molecule has 0 fully saturated rings. The van der Waals surface area contributed by atoms with Crippen LogP contribution in [0.5, 0.6) is 0 Å². The van der Waals surface area contributed by atoms with Gasteiger partial charge in [0.1, 0.15) is 0 Å². The fourth-order valence-corrected chi connectivity index (χ4v) is 2.47. The quantitative estimate of drug-likeness (QED) is 0.760. The Morgan fingerprint density at radius 1 is 1.11 bits per heavy atom. The third-order valence-electron chi connectivity index (χ3n) is 3.60. The summed E-state index contributed by atoms with van der Waals surface area (Å²) < 4.78 is 0. The molecule has 0 heterocycles. The number of aliphatic hydroxyl groups is 1. The first-order valence-electron chi connectivity index (χ1n) is 7.21. The average molecular weight is 249 g/mol. The molecule has 0 amide bonds. The molecule has 2 heteroatoms. The van der Waals surface area contributed by atoms with Crippen molar-refractivity contribution in [3.05, 3.63) is 35.9 Å². The van der Waals surface area contributed by atoms with Crippen molar-refractivity contribution in [3.63, 3.8) is 0 Å². The minimum absolute atomic E-state index is 0.226. The molecule has 0 saturated carbocycles. The van der Waals surface area contributed by atoms with E-state index >= 15 is 0 Å². The molecule has 1 aromatic carbocycles. The normalized spacial score (nSPS) is 14.7. The Morgan fingerprint density at radius 2 is 1.78 bits per heavy atom. The van der Waals surface area contributed by atoms with E-state index in [1.54, 1.807) is 0 Å². The van der Waals surface area contributed by atoms with Gasteiger partial charge in [0.15, 0.2) is 0 Å². The van der Waals surface area contributed by atoms with E-state index in [1.165, 1.54) is 12.8 Å². The number of likely N-dealkylation sites (N-methyl/N-ethyl adjacent to an activating group) is 1. The molecule has 0 aromatic heterocycles. The summed E-state index contributed by atoms with van der Waals surface area (Å²) in [6.45, 7) is 8.63. The molecule has 2 atom stereocenters. The molecule has 0 aliphatic carbocycles. The van der Waals surface area contributed by atoms with Crippen molar-refractivity contribution in [1.82, 2.24) is 4.90 Å². The molecule has 1 N–H and O–H groups in total. The number of benzene rings is 1. The van der Waals surface area contributed by atoms with E-state index in [0.717, 1.165) is 25.1 Å². The largest absolute Gasteiger partial charge is 0.387 e. The lowest BCUT2D eigenvalue weighted by Gasteiger charge is -2.33. The van der Waals surface area contributed by atoms with Gasteiger partial charge in [-0.25, -0.2) is 0 Å². The monoisotopic (exact) mass is 249 g/mol. The van der Waals surface area contributed by atoms with Crippen molar-refractivity contribution < 1.29 is 5.11 Å². The summed E-state index contributed by atoms with van der Waals surface area (Å²) in [5, 5.41) is 10.5. The number of hydrogen-bond donors (Lipinski definition) is 1. The number of rotatable bonds is 8. The van der Waals surface area contributed by atoms with E-state index in [2.05, 4.69) is 25.7 Å². The second kappa shape index (κ2) is 8.28. The van der Waals surface area contributed by atoms with Crippen LogP contribution in [0.3, 0.4) is 0 Å². The summed E-state index contributed by atoms with van der Waals surface area (Å²) in [6.07, 6.45) is 3.00. The molecule has 0 saturated heterocycles. The zero-order chi connectivity index (χ0) is 13.4. The van der Waals surface area contributed by atoms with Gasteiger partial charge in [-0.15, -0.1) is 0 Å². The minimum atomic E-state index is -0.381. The zero-order valence-electron chi connectivity index (χ0n) is 12.0. The summed E-state index contributed by atoms with van der Waals surface area (Å²) in [7, 11) is 0. The highest BCUT2D eigenvalue weighted by molar-refractivity contribution is 5.18. The van der Waals surface area contributed by atoms with Gasteiger partial charge < -0.3 is 5.11 Å². The summed E-state index contributed by atoms with van der Waals surface area (Å²) >= 11 is 0. The van der Waals surface area contributed by atoms with Crippen LogP contribution in [0.4, 0.5) is 0 Å². The number of aliphatic hydroxyl groups excluding tert-OH is 1. The molecule has 0 bridgehead atoms. The van der Waals surface area contributed by atoms with Gasteiger partial charge in [-0.1, -0.05) is 57.5 Å². The van der Waals surface area contributed by atoms with Crippen molar-refractivity contribution in [2.24, 2.45) is 0 Å². The first-order valence-corrected chi connectivity index (χ1v) is 7.21. The summed E-state index contributed by atoms with van der Waals surface area (Å²) in [4.78, 5) is 2.40. The van der Waals surface area contributed by atoms with Crippen LogP contribution in [0.25, 0.3) is 0 Å². The van der Waals surface area contributed by atoms with E-state index in [0.29, 0.717) is 0 Å². The highest BCUT2D eigenvalue weighted by atomic mass is 16.3. The smallest absolute Gasteiger partial charge is 0.0945 e. The second-order valence-electron chi connectivity index (χ2n) is 4.81. The number of unbranched alkanes of at least 4 members (excludes halogenated alkanes) is 1. The molecular weight excluding hydrogens is 222 g/mol. The van der Waals surface area contributed by atoms with Crippen molar-refractivity contribution in [2.75, 3.05) is 13.1 Å². The second-order valence-corrected chi connectivity index (χ2v) is 4.81. The molecule has 1 rings (SSSR count). The van der Waals surface area contributed by atoms with E-state index in [4.69, 9.17) is 0 Å². The molecule has 2 unspecified atom stereocenters. The molecule has 0 spiro atoms. The van der Waals surface area contributed by atoms with Crippen LogP contribution >= 0.6 is 0 Å². The minimum Gasteiger partial charge on any atom is -0.387 e. The Balaban J connectivity index is 2.74. The third kappa shape index (κ3) is 4.11. The first kappa shape index (κ1) is 15.2. The van der Waals surface area contributed by atoms with E-state index in [1.807, 2.05) is 30.3 Å². The van der Waals surface area contributed by atoms with Gasteiger partial charge in [-0.3, -0.25) is 4.90 Å². The predicted molar refractivity (Wildman–Crippen MR) is 77.6 cm³/mol. The molecule has 1 aromatic rings. The van der Waals surface area contributed by atoms with Crippen molar-refractivity contribution in [3.8, 4) is 0 Å². The maximum atomic E-state index is 10.5. The van der Waals surface area contributed by atoms with Gasteiger partial charge in [0.05, 0.1) is 6.10 Å². The SMILES string of the molecule is CCCCN(CC)C(CC)C(O)c1ccccc1. The number of hydrogen-bond acceptors (Lipinski definition) is 2. The fourth-order valence-electron chi connectivity index (χ4n) is 2.47. The average Bonchev–Trinajstić information content (AvgIpc) is 2.43. The van der Waals surface area contributed by atoms with Gasteiger partial charge in [-0.2, -0.15) is 0 Å². The Hall–Kier alpha value is -0.860. The highest BCUT2D eigenvalue weighted by Gasteiger charge is 2.24. The lowest BCUT2D eigenvalue weighted by molar-refractivity contribution is 0.0476. The summed E-state index contributed by atoms with van der Waals surface area (Å²) in [6, 6.07) is 10.2. The third-order valence-corrected chi connectivity index (χ3v) is 3.60. The molecule has 18 heavy (non-hydrogen) atoms. The van der Waals surface area contributed by atoms with E-state index < -0.39 is 0 Å². The van der Waals surface area contributed by atoms with Gasteiger partial charge in [-0.05, 0) is 31.5 Å². The zero-order valence-corrected chi connectivity index (χ0v) is 12.0. The topological polar surface area (TPSA) is 23.5 Å².